The van der Waals surface area contributed by atoms with Crippen LogP contribution in [0.2, 0.25) is 0 Å². The summed E-state index contributed by atoms with van der Waals surface area (Å²) in [7, 11) is 1.67. The van der Waals surface area contributed by atoms with E-state index in [1.54, 1.807) is 12.0 Å². The molecule has 5 nitrogen and oxygen atoms in total. The largest absolute Gasteiger partial charge is 0.497 e. The van der Waals surface area contributed by atoms with E-state index in [9.17, 15) is 4.79 Å². The molecule has 1 N–H and O–H groups in total. The third-order valence-corrected chi connectivity index (χ3v) is 3.94. The maximum atomic E-state index is 12.1. The topological polar surface area (TPSA) is 50.8 Å². The Labute approximate surface area is 139 Å². The number of carbonyl (C=O) groups excluding carboxylic acids is 1. The second kappa shape index (κ2) is 7.21. The number of likely N-dealkylation sites (tertiary alicyclic amines) is 1. The van der Waals surface area contributed by atoms with Crippen LogP contribution in [0.1, 0.15) is 45.7 Å². The van der Waals surface area contributed by atoms with Crippen LogP contribution in [0.25, 0.3) is 0 Å². The summed E-state index contributed by atoms with van der Waals surface area (Å²) >= 11 is 0. The lowest BCUT2D eigenvalue weighted by molar-refractivity contribution is 0.0290. The van der Waals surface area contributed by atoms with E-state index >= 15 is 0 Å². The molecular formula is C18H28N2O3. The van der Waals surface area contributed by atoms with Crippen molar-refractivity contribution in [3.63, 3.8) is 0 Å². The smallest absolute Gasteiger partial charge is 0.410 e. The zero-order valence-corrected chi connectivity index (χ0v) is 14.8. The zero-order chi connectivity index (χ0) is 17.0. The van der Waals surface area contributed by atoms with Crippen molar-refractivity contribution in [3.05, 3.63) is 29.8 Å². The second-order valence-corrected chi connectivity index (χ2v) is 7.07. The van der Waals surface area contributed by atoms with Gasteiger partial charge < -0.3 is 19.7 Å². The van der Waals surface area contributed by atoms with Gasteiger partial charge in [0.05, 0.1) is 7.11 Å². The fraction of sp³-hybridized carbons (Fsp3) is 0.611. The fourth-order valence-electron chi connectivity index (χ4n) is 2.73. The molecule has 2 unspecified atom stereocenters. The summed E-state index contributed by atoms with van der Waals surface area (Å²) in [6.45, 7) is 9.24. The van der Waals surface area contributed by atoms with Gasteiger partial charge in [-0.15, -0.1) is 0 Å². The minimum atomic E-state index is -0.445. The molecule has 0 aromatic heterocycles. The highest BCUT2D eigenvalue weighted by molar-refractivity contribution is 5.68. The van der Waals surface area contributed by atoms with Gasteiger partial charge in [0.15, 0.2) is 0 Å². The number of amides is 1. The highest BCUT2D eigenvalue weighted by Gasteiger charge is 2.30. The lowest BCUT2D eigenvalue weighted by atomic mass is 10.1. The maximum absolute atomic E-state index is 12.1. The highest BCUT2D eigenvalue weighted by atomic mass is 16.6. The van der Waals surface area contributed by atoms with Gasteiger partial charge in [0.2, 0.25) is 0 Å². The molecule has 1 aliphatic rings. The summed E-state index contributed by atoms with van der Waals surface area (Å²) in [4.78, 5) is 13.9. The average molecular weight is 320 g/mol. The number of hydrogen-bond acceptors (Lipinski definition) is 4. The van der Waals surface area contributed by atoms with Gasteiger partial charge in [0.25, 0.3) is 0 Å². The van der Waals surface area contributed by atoms with Gasteiger partial charge in [-0.05, 0) is 51.8 Å². The Balaban J connectivity index is 1.85. The molecular weight excluding hydrogens is 292 g/mol. The monoisotopic (exact) mass is 320 g/mol. The number of carbonyl (C=O) groups is 1. The first kappa shape index (κ1) is 17.6. The summed E-state index contributed by atoms with van der Waals surface area (Å²) in [5, 5.41) is 3.59. The molecule has 1 amide bonds. The molecule has 0 radical (unpaired) electrons. The standard InChI is InChI=1S/C18H28N2O3/c1-13(14-6-8-16(22-5)9-7-14)19-15-10-11-20(12-15)17(21)23-18(2,3)4/h6-9,13,15,19H,10-12H2,1-5H3. The zero-order valence-electron chi connectivity index (χ0n) is 14.8. The lowest BCUT2D eigenvalue weighted by Gasteiger charge is -2.25. The second-order valence-electron chi connectivity index (χ2n) is 7.07. The lowest BCUT2D eigenvalue weighted by Crippen LogP contribution is -2.39. The Hall–Kier alpha value is -1.75. The van der Waals surface area contributed by atoms with Crippen molar-refractivity contribution in [1.82, 2.24) is 10.2 Å². The molecule has 0 saturated carbocycles. The van der Waals surface area contributed by atoms with Crippen molar-refractivity contribution < 1.29 is 14.3 Å². The molecule has 2 rings (SSSR count). The SMILES string of the molecule is COc1ccc(C(C)NC2CCN(C(=O)OC(C)(C)C)C2)cc1. The summed E-state index contributed by atoms with van der Waals surface area (Å²) in [5.74, 6) is 0.859. The Morgan fingerprint density at radius 1 is 1.30 bits per heavy atom. The number of benzene rings is 1. The summed E-state index contributed by atoms with van der Waals surface area (Å²) < 4.78 is 10.6. The van der Waals surface area contributed by atoms with Crippen LogP contribution in [0, 0.1) is 0 Å². The normalized spacial score (nSPS) is 19.5. The molecule has 1 aromatic carbocycles. The predicted molar refractivity (Wildman–Crippen MR) is 90.8 cm³/mol. The molecule has 0 spiro atoms. The predicted octanol–water partition coefficient (Wildman–Crippen LogP) is 3.36. The van der Waals surface area contributed by atoms with Gasteiger partial charge >= 0.3 is 6.09 Å². The van der Waals surface area contributed by atoms with E-state index in [0.717, 1.165) is 18.7 Å². The van der Waals surface area contributed by atoms with Crippen LogP contribution in [0.4, 0.5) is 4.79 Å². The van der Waals surface area contributed by atoms with E-state index in [1.807, 2.05) is 32.9 Å². The fourth-order valence-corrected chi connectivity index (χ4v) is 2.73. The average Bonchev–Trinajstić information content (AvgIpc) is 2.94. The number of ether oxygens (including phenoxy) is 2. The van der Waals surface area contributed by atoms with E-state index < -0.39 is 5.60 Å². The molecule has 23 heavy (non-hydrogen) atoms. The quantitative estimate of drug-likeness (QED) is 0.924. The maximum Gasteiger partial charge on any atom is 0.410 e. The first-order valence-corrected chi connectivity index (χ1v) is 8.16. The van der Waals surface area contributed by atoms with Gasteiger partial charge in [-0.3, -0.25) is 0 Å². The van der Waals surface area contributed by atoms with Gasteiger partial charge in [0, 0.05) is 25.2 Å². The van der Waals surface area contributed by atoms with E-state index in [1.165, 1.54) is 5.56 Å². The van der Waals surface area contributed by atoms with Crippen LogP contribution < -0.4 is 10.1 Å². The Morgan fingerprint density at radius 3 is 2.52 bits per heavy atom. The minimum absolute atomic E-state index is 0.223. The first-order chi connectivity index (χ1) is 10.8. The molecule has 1 aromatic rings. The van der Waals surface area contributed by atoms with Gasteiger partial charge in [-0.2, -0.15) is 0 Å². The molecule has 1 heterocycles. The molecule has 1 fully saturated rings. The third-order valence-electron chi connectivity index (χ3n) is 3.94. The molecule has 1 saturated heterocycles. The third kappa shape index (κ3) is 5.13. The van der Waals surface area contributed by atoms with Crippen molar-refractivity contribution >= 4 is 6.09 Å². The number of rotatable bonds is 4. The summed E-state index contributed by atoms with van der Waals surface area (Å²) in [6.07, 6.45) is 0.721. The minimum Gasteiger partial charge on any atom is -0.497 e. The Bertz CT molecular complexity index is 522. The number of nitrogens with one attached hydrogen (secondary N) is 1. The van der Waals surface area contributed by atoms with E-state index in [4.69, 9.17) is 9.47 Å². The van der Waals surface area contributed by atoms with Crippen molar-refractivity contribution in [2.24, 2.45) is 0 Å². The highest BCUT2D eigenvalue weighted by Crippen LogP contribution is 2.21. The van der Waals surface area contributed by atoms with Crippen LogP contribution >= 0.6 is 0 Å². The number of nitrogens with zero attached hydrogens (tertiary/aromatic N) is 1. The molecule has 128 valence electrons. The van der Waals surface area contributed by atoms with E-state index in [2.05, 4.69) is 24.4 Å². The molecule has 1 aliphatic heterocycles. The van der Waals surface area contributed by atoms with Crippen molar-refractivity contribution in [3.8, 4) is 5.75 Å². The van der Waals surface area contributed by atoms with E-state index in [0.29, 0.717) is 12.6 Å². The van der Waals surface area contributed by atoms with Gasteiger partial charge in [0.1, 0.15) is 11.4 Å². The number of hydrogen-bond donors (Lipinski definition) is 1. The van der Waals surface area contributed by atoms with Crippen molar-refractivity contribution in [2.75, 3.05) is 20.2 Å². The number of methoxy groups -OCH3 is 1. The van der Waals surface area contributed by atoms with Crippen molar-refractivity contribution in [2.45, 2.75) is 51.8 Å². The summed E-state index contributed by atoms with van der Waals surface area (Å²) in [6, 6.07) is 8.59. The van der Waals surface area contributed by atoms with Gasteiger partial charge in [-0.1, -0.05) is 12.1 Å². The van der Waals surface area contributed by atoms with E-state index in [-0.39, 0.29) is 12.1 Å². The van der Waals surface area contributed by atoms with Crippen LogP contribution in [0.5, 0.6) is 5.75 Å². The Morgan fingerprint density at radius 2 is 1.96 bits per heavy atom. The molecule has 0 bridgehead atoms. The van der Waals surface area contributed by atoms with Crippen LogP contribution in [0.3, 0.4) is 0 Å². The molecule has 2 atom stereocenters. The first-order valence-electron chi connectivity index (χ1n) is 8.16. The van der Waals surface area contributed by atoms with Crippen molar-refractivity contribution in [1.29, 1.82) is 0 Å². The summed E-state index contributed by atoms with van der Waals surface area (Å²) in [5.41, 5.74) is 0.764. The van der Waals surface area contributed by atoms with Crippen LogP contribution in [-0.4, -0.2) is 42.8 Å². The van der Waals surface area contributed by atoms with Crippen LogP contribution in [-0.2, 0) is 4.74 Å². The van der Waals surface area contributed by atoms with Crippen LogP contribution in [0.15, 0.2) is 24.3 Å². The Kier molecular flexibility index (Phi) is 5.52. The molecule has 0 aliphatic carbocycles. The molecule has 5 heteroatoms. The van der Waals surface area contributed by atoms with Gasteiger partial charge in [-0.25, -0.2) is 4.79 Å².